The molecule has 0 saturated heterocycles. The topological polar surface area (TPSA) is 157 Å². The number of ether oxygens (including phenoxy) is 8. The zero-order chi connectivity index (χ0) is 36.5. The number of benzene rings is 4. The summed E-state index contributed by atoms with van der Waals surface area (Å²) in [5.41, 5.74) is 7.25. The van der Waals surface area contributed by atoms with E-state index in [1.165, 1.54) is 55.1 Å². The van der Waals surface area contributed by atoms with Crippen molar-refractivity contribution in [2.75, 3.05) is 56.9 Å². The second kappa shape index (κ2) is 19.4. The van der Waals surface area contributed by atoms with Crippen LogP contribution in [0.3, 0.4) is 0 Å². The van der Waals surface area contributed by atoms with Crippen molar-refractivity contribution in [2.24, 2.45) is 10.2 Å². The molecule has 4 aromatic rings. The van der Waals surface area contributed by atoms with Gasteiger partial charge >= 0.3 is 0 Å². The number of nitrogens with zero attached hydrogens (tertiary/aromatic N) is 2. The molecule has 0 spiro atoms. The van der Waals surface area contributed by atoms with Crippen LogP contribution in [0.5, 0.6) is 46.0 Å². The molecule has 4 rings (SSSR count). The number of carbonyl (C=O) groups excluding carboxylic acids is 2. The van der Waals surface area contributed by atoms with Crippen molar-refractivity contribution in [3.63, 3.8) is 0 Å². The molecule has 0 aliphatic heterocycles. The van der Waals surface area contributed by atoms with Crippen molar-refractivity contribution < 1.29 is 47.5 Å². The molecule has 14 heteroatoms. The minimum Gasteiger partial charge on any atom is -0.497 e. The summed E-state index contributed by atoms with van der Waals surface area (Å²) in [7, 11) is 12.3. The molecule has 0 bridgehead atoms. The van der Waals surface area contributed by atoms with Gasteiger partial charge in [0.15, 0.2) is 23.0 Å². The summed E-state index contributed by atoms with van der Waals surface area (Å²) >= 11 is 0. The lowest BCUT2D eigenvalue weighted by Crippen LogP contribution is -2.17. The number of rotatable bonds is 14. The maximum absolute atomic E-state index is 12.0. The highest BCUT2D eigenvalue weighted by Gasteiger charge is 2.14. The fourth-order valence-corrected chi connectivity index (χ4v) is 4.30. The van der Waals surface area contributed by atoms with Crippen LogP contribution in [-0.2, 0) is 0 Å². The van der Waals surface area contributed by atoms with Gasteiger partial charge in [-0.1, -0.05) is 0 Å². The normalized spacial score (nSPS) is 10.4. The van der Waals surface area contributed by atoms with Crippen molar-refractivity contribution in [1.29, 1.82) is 0 Å². The molecular formula is C36H40N4O10. The Morgan fingerprint density at radius 1 is 0.460 bits per heavy atom. The van der Waals surface area contributed by atoms with Gasteiger partial charge in [-0.3, -0.25) is 9.59 Å². The Balaban J connectivity index is 0.000000270. The van der Waals surface area contributed by atoms with Gasteiger partial charge in [-0.2, -0.15) is 10.2 Å². The average Bonchev–Trinajstić information content (AvgIpc) is 3.17. The van der Waals surface area contributed by atoms with E-state index in [-0.39, 0.29) is 11.8 Å². The van der Waals surface area contributed by atoms with Crippen molar-refractivity contribution in [2.45, 2.75) is 0 Å². The van der Waals surface area contributed by atoms with E-state index in [4.69, 9.17) is 37.9 Å². The van der Waals surface area contributed by atoms with E-state index in [2.05, 4.69) is 21.1 Å². The lowest BCUT2D eigenvalue weighted by molar-refractivity contribution is 0.0947. The Hall–Kier alpha value is -6.44. The van der Waals surface area contributed by atoms with E-state index >= 15 is 0 Å². The highest BCUT2D eigenvalue weighted by atomic mass is 16.5. The van der Waals surface area contributed by atoms with E-state index in [1.807, 2.05) is 0 Å². The number of nitrogens with one attached hydrogen (secondary N) is 2. The lowest BCUT2D eigenvalue weighted by Gasteiger charge is -2.12. The fourth-order valence-electron chi connectivity index (χ4n) is 4.30. The van der Waals surface area contributed by atoms with Gasteiger partial charge in [-0.25, -0.2) is 10.9 Å². The second-order valence-electron chi connectivity index (χ2n) is 9.77. The quantitative estimate of drug-likeness (QED) is 0.137. The predicted octanol–water partition coefficient (Wildman–Crippen LogP) is 4.97. The number of hydrazone groups is 2. The van der Waals surface area contributed by atoms with Gasteiger partial charge in [0.05, 0.1) is 69.3 Å². The van der Waals surface area contributed by atoms with E-state index in [0.717, 1.165) is 0 Å². The largest absolute Gasteiger partial charge is 0.497 e. The summed E-state index contributed by atoms with van der Waals surface area (Å²) in [6, 6.07) is 20.4. The van der Waals surface area contributed by atoms with Crippen LogP contribution >= 0.6 is 0 Å². The standard InChI is InChI=1S/2C18H20N2O5/c2*1-22-14-7-5-13(6-8-14)18(21)20-19-11-12-9-15(23-2)17(25-4)16(10-12)24-3/h2*5-11H,1-4H3,(H,20,21)/b2*19-11+. The van der Waals surface area contributed by atoms with Crippen LogP contribution in [0.2, 0.25) is 0 Å². The van der Waals surface area contributed by atoms with Crippen molar-refractivity contribution in [1.82, 2.24) is 10.9 Å². The van der Waals surface area contributed by atoms with Gasteiger partial charge < -0.3 is 37.9 Å². The maximum atomic E-state index is 12.0. The molecule has 14 nitrogen and oxygen atoms in total. The van der Waals surface area contributed by atoms with Crippen LogP contribution in [0.4, 0.5) is 0 Å². The Morgan fingerprint density at radius 2 is 0.760 bits per heavy atom. The third-order valence-corrected chi connectivity index (χ3v) is 6.84. The first-order valence-electron chi connectivity index (χ1n) is 14.8. The smallest absolute Gasteiger partial charge is 0.271 e. The monoisotopic (exact) mass is 688 g/mol. The zero-order valence-electron chi connectivity index (χ0n) is 29.1. The number of carbonyl (C=O) groups is 2. The van der Waals surface area contributed by atoms with Crippen LogP contribution in [0, 0.1) is 0 Å². The van der Waals surface area contributed by atoms with Crippen molar-refractivity contribution in [3.8, 4) is 46.0 Å². The summed E-state index contributed by atoms with van der Waals surface area (Å²) in [4.78, 5) is 24.1. The minimum absolute atomic E-state index is 0.327. The van der Waals surface area contributed by atoms with Crippen LogP contribution < -0.4 is 48.7 Å². The van der Waals surface area contributed by atoms with Crippen molar-refractivity contribution in [3.05, 3.63) is 95.1 Å². The molecular weight excluding hydrogens is 648 g/mol. The Bertz CT molecular complexity index is 1590. The minimum atomic E-state index is -0.327. The van der Waals surface area contributed by atoms with Gasteiger partial charge in [0.2, 0.25) is 11.5 Å². The summed E-state index contributed by atoms with van der Waals surface area (Å²) in [6.07, 6.45) is 2.98. The molecule has 0 aromatic heterocycles. The summed E-state index contributed by atoms with van der Waals surface area (Å²) < 4.78 is 41.7. The number of amides is 2. The molecule has 0 unspecified atom stereocenters. The highest BCUT2D eigenvalue weighted by molar-refractivity contribution is 5.95. The second-order valence-corrected chi connectivity index (χ2v) is 9.77. The predicted molar refractivity (Wildman–Crippen MR) is 188 cm³/mol. The third kappa shape index (κ3) is 10.3. The highest BCUT2D eigenvalue weighted by Crippen LogP contribution is 2.38. The van der Waals surface area contributed by atoms with Crippen LogP contribution in [0.15, 0.2) is 83.0 Å². The van der Waals surface area contributed by atoms with Gasteiger partial charge in [0.1, 0.15) is 11.5 Å². The molecule has 0 saturated carbocycles. The summed E-state index contributed by atoms with van der Waals surface area (Å²) in [5.74, 6) is 3.70. The Morgan fingerprint density at radius 3 is 1.00 bits per heavy atom. The number of hydrogen-bond acceptors (Lipinski definition) is 12. The van der Waals surface area contributed by atoms with Gasteiger partial charge in [-0.05, 0) is 72.8 Å². The molecule has 2 amide bonds. The molecule has 264 valence electrons. The van der Waals surface area contributed by atoms with Crippen LogP contribution in [0.25, 0.3) is 0 Å². The van der Waals surface area contributed by atoms with Crippen molar-refractivity contribution >= 4 is 24.2 Å². The first-order chi connectivity index (χ1) is 24.2. The number of hydrogen-bond donors (Lipinski definition) is 2. The zero-order valence-corrected chi connectivity index (χ0v) is 29.1. The van der Waals surface area contributed by atoms with E-state index in [1.54, 1.807) is 87.0 Å². The lowest BCUT2D eigenvalue weighted by atomic mass is 10.2. The molecule has 0 aliphatic carbocycles. The van der Waals surface area contributed by atoms with Crippen LogP contribution in [0.1, 0.15) is 31.8 Å². The van der Waals surface area contributed by atoms with Gasteiger partial charge in [-0.15, -0.1) is 0 Å². The molecule has 0 fully saturated rings. The Labute approximate surface area is 290 Å². The van der Waals surface area contributed by atoms with E-state index in [0.29, 0.717) is 68.2 Å². The van der Waals surface area contributed by atoms with Gasteiger partial charge in [0, 0.05) is 22.3 Å². The molecule has 4 aromatic carbocycles. The SMILES string of the molecule is COc1ccc(C(=O)N/N=C/c2cc(OC)c(OC)c(OC)c2)cc1.COc1ccc(C(=O)N/N=C/c2cc(OC)c(OC)c(OC)c2)cc1. The fraction of sp³-hybridized carbons (Fsp3) is 0.222. The molecule has 0 heterocycles. The molecule has 50 heavy (non-hydrogen) atoms. The van der Waals surface area contributed by atoms with Crippen LogP contribution in [-0.4, -0.2) is 81.1 Å². The average molecular weight is 689 g/mol. The number of methoxy groups -OCH3 is 8. The first-order valence-corrected chi connectivity index (χ1v) is 14.8. The molecule has 0 atom stereocenters. The summed E-state index contributed by atoms with van der Waals surface area (Å²) in [5, 5.41) is 7.92. The third-order valence-electron chi connectivity index (χ3n) is 6.84. The summed E-state index contributed by atoms with van der Waals surface area (Å²) in [6.45, 7) is 0. The van der Waals surface area contributed by atoms with E-state index in [9.17, 15) is 9.59 Å². The molecule has 2 N–H and O–H groups in total. The van der Waals surface area contributed by atoms with E-state index < -0.39 is 0 Å². The molecule has 0 radical (unpaired) electrons. The maximum Gasteiger partial charge on any atom is 0.271 e. The molecule has 0 aliphatic rings. The first kappa shape index (κ1) is 38.0. The van der Waals surface area contributed by atoms with Gasteiger partial charge in [0.25, 0.3) is 11.8 Å². The Kier molecular flexibility index (Phi) is 14.7.